The Morgan fingerprint density at radius 1 is 1.14 bits per heavy atom. The molecule has 2 aromatic carbocycles. The summed E-state index contributed by atoms with van der Waals surface area (Å²) in [6.45, 7) is 0.576. The van der Waals surface area contributed by atoms with E-state index in [1.165, 1.54) is 0 Å². The molecule has 0 unspecified atom stereocenters. The molecule has 5 heteroatoms. The molecule has 0 saturated heterocycles. The Kier molecular flexibility index (Phi) is 3.77. The largest absolute Gasteiger partial charge is 0.497 e. The first-order valence-electron chi connectivity index (χ1n) is 6.60. The molecule has 108 valence electrons. The van der Waals surface area contributed by atoms with E-state index in [1.807, 2.05) is 41.0 Å². The van der Waals surface area contributed by atoms with Gasteiger partial charge >= 0.3 is 0 Å². The van der Waals surface area contributed by atoms with Gasteiger partial charge in [-0.2, -0.15) is 0 Å². The van der Waals surface area contributed by atoms with Gasteiger partial charge in [-0.1, -0.05) is 12.1 Å². The standard InChI is InChI=1S/C16H16N2O2S/c1-19-10-11-4-3-5-12(8-11)18-15-9-13(20-2)6-7-14(15)17-16(18)21/h3-9H,10H2,1-2H3,(H,17,21). The maximum Gasteiger partial charge on any atom is 0.182 e. The van der Waals surface area contributed by atoms with Crippen LogP contribution < -0.4 is 4.74 Å². The molecule has 0 spiro atoms. The van der Waals surface area contributed by atoms with Gasteiger partial charge in [-0.05, 0) is 42.0 Å². The number of methoxy groups -OCH3 is 2. The van der Waals surface area contributed by atoms with Crippen LogP contribution in [-0.2, 0) is 11.3 Å². The summed E-state index contributed by atoms with van der Waals surface area (Å²) >= 11 is 5.46. The molecule has 0 atom stereocenters. The molecule has 0 radical (unpaired) electrons. The highest BCUT2D eigenvalue weighted by Gasteiger charge is 2.08. The smallest absolute Gasteiger partial charge is 0.182 e. The number of ether oxygens (including phenoxy) is 2. The van der Waals surface area contributed by atoms with Crippen molar-refractivity contribution in [2.45, 2.75) is 6.61 Å². The highest BCUT2D eigenvalue weighted by molar-refractivity contribution is 7.71. The van der Waals surface area contributed by atoms with Crippen LogP contribution in [0.4, 0.5) is 0 Å². The molecule has 21 heavy (non-hydrogen) atoms. The lowest BCUT2D eigenvalue weighted by atomic mass is 10.2. The van der Waals surface area contributed by atoms with E-state index in [0.717, 1.165) is 28.0 Å². The Labute approximate surface area is 127 Å². The molecule has 0 aliphatic carbocycles. The van der Waals surface area contributed by atoms with Gasteiger partial charge in [-0.15, -0.1) is 0 Å². The van der Waals surface area contributed by atoms with Gasteiger partial charge in [0.05, 0.1) is 24.8 Å². The van der Waals surface area contributed by atoms with E-state index in [-0.39, 0.29) is 0 Å². The minimum absolute atomic E-state index is 0.576. The van der Waals surface area contributed by atoms with Gasteiger partial charge in [0.15, 0.2) is 4.77 Å². The number of hydrogen-bond acceptors (Lipinski definition) is 3. The van der Waals surface area contributed by atoms with Gasteiger partial charge in [0.25, 0.3) is 0 Å². The van der Waals surface area contributed by atoms with Gasteiger partial charge in [-0.3, -0.25) is 4.57 Å². The van der Waals surface area contributed by atoms with Crippen LogP contribution in [0.25, 0.3) is 16.7 Å². The first-order chi connectivity index (χ1) is 10.2. The fourth-order valence-electron chi connectivity index (χ4n) is 2.42. The molecule has 0 amide bonds. The Balaban J connectivity index is 2.21. The first-order valence-corrected chi connectivity index (χ1v) is 7.01. The number of aromatic amines is 1. The Morgan fingerprint density at radius 3 is 2.76 bits per heavy atom. The van der Waals surface area contributed by atoms with Crippen LogP contribution in [-0.4, -0.2) is 23.8 Å². The molecular weight excluding hydrogens is 284 g/mol. The average molecular weight is 300 g/mol. The number of imidazole rings is 1. The molecule has 0 aliphatic heterocycles. The summed E-state index contributed by atoms with van der Waals surface area (Å²) in [5.74, 6) is 0.804. The van der Waals surface area contributed by atoms with Crippen LogP contribution in [0.1, 0.15) is 5.56 Å². The SMILES string of the molecule is COCc1cccc(-n2c(=S)[nH]c3ccc(OC)cc32)c1. The second-order valence-corrected chi connectivity index (χ2v) is 5.14. The van der Waals surface area contributed by atoms with Crippen LogP contribution in [0.3, 0.4) is 0 Å². The van der Waals surface area contributed by atoms with Crippen LogP contribution in [0.15, 0.2) is 42.5 Å². The Bertz CT molecular complexity index is 836. The van der Waals surface area contributed by atoms with E-state index in [1.54, 1.807) is 14.2 Å². The monoisotopic (exact) mass is 300 g/mol. The summed E-state index contributed by atoms with van der Waals surface area (Å²) in [5.41, 5.74) is 4.09. The Morgan fingerprint density at radius 2 is 2.00 bits per heavy atom. The molecule has 1 aromatic heterocycles. The predicted molar refractivity (Wildman–Crippen MR) is 85.7 cm³/mol. The van der Waals surface area contributed by atoms with Crippen molar-refractivity contribution in [2.24, 2.45) is 0 Å². The summed E-state index contributed by atoms with van der Waals surface area (Å²) in [4.78, 5) is 3.22. The average Bonchev–Trinajstić information content (AvgIpc) is 2.82. The van der Waals surface area contributed by atoms with Crippen LogP contribution >= 0.6 is 12.2 Å². The van der Waals surface area contributed by atoms with E-state index in [2.05, 4.69) is 11.1 Å². The predicted octanol–water partition coefficient (Wildman–Crippen LogP) is 3.84. The number of fused-ring (bicyclic) bond motifs is 1. The number of benzene rings is 2. The van der Waals surface area contributed by atoms with Crippen molar-refractivity contribution < 1.29 is 9.47 Å². The molecule has 3 rings (SSSR count). The molecule has 0 aliphatic rings. The topological polar surface area (TPSA) is 39.2 Å². The molecule has 3 aromatic rings. The summed E-state index contributed by atoms with van der Waals surface area (Å²) in [6, 6.07) is 14.0. The third kappa shape index (κ3) is 2.57. The summed E-state index contributed by atoms with van der Waals surface area (Å²) in [7, 11) is 3.35. The molecule has 0 fully saturated rings. The lowest BCUT2D eigenvalue weighted by Gasteiger charge is -2.08. The van der Waals surface area contributed by atoms with Crippen molar-refractivity contribution in [3.05, 3.63) is 52.8 Å². The van der Waals surface area contributed by atoms with Gasteiger partial charge < -0.3 is 14.5 Å². The van der Waals surface area contributed by atoms with Gasteiger partial charge in [0, 0.05) is 18.9 Å². The van der Waals surface area contributed by atoms with E-state index in [0.29, 0.717) is 11.4 Å². The number of rotatable bonds is 4. The van der Waals surface area contributed by atoms with Crippen LogP contribution in [0.5, 0.6) is 5.75 Å². The fraction of sp³-hybridized carbons (Fsp3) is 0.188. The third-order valence-electron chi connectivity index (χ3n) is 3.37. The van der Waals surface area contributed by atoms with Gasteiger partial charge in [0.1, 0.15) is 5.75 Å². The number of nitrogens with zero attached hydrogens (tertiary/aromatic N) is 1. The molecule has 0 bridgehead atoms. The van der Waals surface area contributed by atoms with Crippen molar-refractivity contribution in [1.29, 1.82) is 0 Å². The normalized spacial score (nSPS) is 11.0. The van der Waals surface area contributed by atoms with E-state index >= 15 is 0 Å². The quantitative estimate of drug-likeness (QED) is 0.744. The maximum absolute atomic E-state index is 5.46. The molecule has 0 saturated carbocycles. The zero-order valence-corrected chi connectivity index (χ0v) is 12.7. The minimum Gasteiger partial charge on any atom is -0.497 e. The number of aromatic nitrogens is 2. The molecule has 4 nitrogen and oxygen atoms in total. The van der Waals surface area contributed by atoms with E-state index in [4.69, 9.17) is 21.7 Å². The van der Waals surface area contributed by atoms with Gasteiger partial charge in [0.2, 0.25) is 0 Å². The van der Waals surface area contributed by atoms with Crippen molar-refractivity contribution in [3.8, 4) is 11.4 Å². The summed E-state index contributed by atoms with van der Waals surface area (Å²) in [5, 5.41) is 0. The van der Waals surface area contributed by atoms with Crippen molar-refractivity contribution in [3.63, 3.8) is 0 Å². The minimum atomic E-state index is 0.576. The lowest BCUT2D eigenvalue weighted by molar-refractivity contribution is 0.185. The summed E-state index contributed by atoms with van der Waals surface area (Å²) in [6.07, 6.45) is 0. The van der Waals surface area contributed by atoms with Crippen LogP contribution in [0.2, 0.25) is 0 Å². The van der Waals surface area contributed by atoms with E-state index < -0.39 is 0 Å². The number of nitrogens with one attached hydrogen (secondary N) is 1. The Hall–Kier alpha value is -2.11. The molecular formula is C16H16N2O2S. The fourth-order valence-corrected chi connectivity index (χ4v) is 2.73. The van der Waals surface area contributed by atoms with Gasteiger partial charge in [-0.25, -0.2) is 0 Å². The number of H-pyrrole nitrogens is 1. The van der Waals surface area contributed by atoms with Crippen molar-refractivity contribution in [1.82, 2.24) is 9.55 Å². The van der Waals surface area contributed by atoms with E-state index in [9.17, 15) is 0 Å². The maximum atomic E-state index is 5.46. The van der Waals surface area contributed by atoms with Crippen molar-refractivity contribution >= 4 is 23.3 Å². The lowest BCUT2D eigenvalue weighted by Crippen LogP contribution is -1.96. The first kappa shape index (κ1) is 13.9. The highest BCUT2D eigenvalue weighted by atomic mass is 32.1. The summed E-state index contributed by atoms with van der Waals surface area (Å²) < 4.78 is 13.2. The second-order valence-electron chi connectivity index (χ2n) is 4.75. The second kappa shape index (κ2) is 5.71. The highest BCUT2D eigenvalue weighted by Crippen LogP contribution is 2.24. The number of hydrogen-bond donors (Lipinski definition) is 1. The zero-order chi connectivity index (χ0) is 14.8. The molecule has 1 N–H and O–H groups in total. The van der Waals surface area contributed by atoms with Crippen molar-refractivity contribution in [2.75, 3.05) is 14.2 Å². The van der Waals surface area contributed by atoms with Crippen LogP contribution in [0, 0.1) is 4.77 Å². The zero-order valence-electron chi connectivity index (χ0n) is 11.9. The molecule has 1 heterocycles. The third-order valence-corrected chi connectivity index (χ3v) is 3.65.